The average molecular weight is 379 g/mol. The molecule has 1 saturated carbocycles. The molecule has 23 heavy (non-hydrogen) atoms. The summed E-state index contributed by atoms with van der Waals surface area (Å²) in [6.07, 6.45) is 1.69. The van der Waals surface area contributed by atoms with Gasteiger partial charge in [-0.2, -0.15) is 0 Å². The van der Waals surface area contributed by atoms with E-state index in [0.717, 1.165) is 25.9 Å². The van der Waals surface area contributed by atoms with Crippen LogP contribution in [0.3, 0.4) is 0 Å². The molecule has 1 aliphatic heterocycles. The molecule has 126 valence electrons. The Labute approximate surface area is 150 Å². The molecular formula is C16H18Cl3NO3. The number of hydrogen-bond donors (Lipinski definition) is 0. The van der Waals surface area contributed by atoms with Crippen molar-refractivity contribution in [2.75, 3.05) is 19.7 Å². The Morgan fingerprint density at radius 3 is 2.61 bits per heavy atom. The predicted octanol–water partition coefficient (Wildman–Crippen LogP) is 4.75. The van der Waals surface area contributed by atoms with Gasteiger partial charge in [-0.3, -0.25) is 0 Å². The van der Waals surface area contributed by atoms with Gasteiger partial charge >= 0.3 is 6.09 Å². The molecule has 1 heterocycles. The molecule has 0 radical (unpaired) electrons. The molecule has 1 amide bonds. The number of amides is 1. The summed E-state index contributed by atoms with van der Waals surface area (Å²) in [5, 5.41) is 0.453. The highest BCUT2D eigenvalue weighted by molar-refractivity contribution is 6.51. The van der Waals surface area contributed by atoms with Crippen molar-refractivity contribution in [1.82, 2.24) is 4.90 Å². The minimum absolute atomic E-state index is 0.0673. The van der Waals surface area contributed by atoms with Gasteiger partial charge in [0.25, 0.3) is 0 Å². The van der Waals surface area contributed by atoms with E-state index in [2.05, 4.69) is 0 Å². The van der Waals surface area contributed by atoms with Gasteiger partial charge in [-0.15, -0.1) is 23.2 Å². The number of ether oxygens (including phenoxy) is 2. The van der Waals surface area contributed by atoms with Gasteiger partial charge in [-0.05, 0) is 30.9 Å². The Kier molecular flexibility index (Phi) is 4.86. The highest BCUT2D eigenvalue weighted by atomic mass is 35.5. The topological polar surface area (TPSA) is 38.8 Å². The van der Waals surface area contributed by atoms with Crippen LogP contribution >= 0.6 is 34.8 Å². The first-order valence-corrected chi connectivity index (χ1v) is 8.80. The largest absolute Gasteiger partial charge is 0.491 e. The van der Waals surface area contributed by atoms with Crippen molar-refractivity contribution in [3.8, 4) is 11.5 Å². The van der Waals surface area contributed by atoms with Crippen molar-refractivity contribution < 1.29 is 14.3 Å². The van der Waals surface area contributed by atoms with E-state index in [1.807, 2.05) is 6.92 Å². The summed E-state index contributed by atoms with van der Waals surface area (Å²) >= 11 is 18.4. The third kappa shape index (κ3) is 3.65. The van der Waals surface area contributed by atoms with E-state index in [1.54, 1.807) is 23.1 Å². The van der Waals surface area contributed by atoms with Gasteiger partial charge in [-0.1, -0.05) is 18.5 Å². The van der Waals surface area contributed by atoms with E-state index in [-0.39, 0.29) is 17.9 Å². The third-order valence-electron chi connectivity index (χ3n) is 4.49. The summed E-state index contributed by atoms with van der Waals surface area (Å²) < 4.78 is 10.4. The molecule has 0 aromatic heterocycles. The van der Waals surface area contributed by atoms with Crippen molar-refractivity contribution in [3.63, 3.8) is 0 Å². The van der Waals surface area contributed by atoms with Crippen LogP contribution in [0.15, 0.2) is 18.2 Å². The summed E-state index contributed by atoms with van der Waals surface area (Å²) in [4.78, 5) is 13.7. The quantitative estimate of drug-likeness (QED) is 0.709. The fourth-order valence-electron chi connectivity index (χ4n) is 2.72. The summed E-state index contributed by atoms with van der Waals surface area (Å²) in [5.41, 5.74) is 0. The van der Waals surface area contributed by atoms with Gasteiger partial charge in [0.15, 0.2) is 0 Å². The van der Waals surface area contributed by atoms with E-state index in [4.69, 9.17) is 44.3 Å². The fourth-order valence-corrected chi connectivity index (χ4v) is 3.57. The standard InChI is InChI=1S/C16H18Cl3NO3/c1-10-12(16(10,18)19)9-22-14-8-11(4-5-13(14)17)23-15(21)20-6-2-3-7-20/h4-5,8,10,12H,2-3,6-7,9H2,1H3/t10-,12+/m1/s1. The zero-order chi connectivity index (χ0) is 16.6. The van der Waals surface area contributed by atoms with Crippen molar-refractivity contribution in [3.05, 3.63) is 23.2 Å². The molecule has 0 spiro atoms. The van der Waals surface area contributed by atoms with Crippen LogP contribution in [0.4, 0.5) is 4.79 Å². The highest BCUT2D eigenvalue weighted by Gasteiger charge is 2.60. The summed E-state index contributed by atoms with van der Waals surface area (Å²) in [6.45, 7) is 3.83. The van der Waals surface area contributed by atoms with Crippen molar-refractivity contribution in [1.29, 1.82) is 0 Å². The first-order valence-electron chi connectivity index (χ1n) is 7.66. The maximum Gasteiger partial charge on any atom is 0.415 e. The molecule has 1 saturated heterocycles. The number of benzene rings is 1. The lowest BCUT2D eigenvalue weighted by Crippen LogP contribution is -2.30. The molecule has 0 bridgehead atoms. The fraction of sp³-hybridized carbons (Fsp3) is 0.562. The molecule has 7 heteroatoms. The van der Waals surface area contributed by atoms with Gasteiger partial charge in [-0.25, -0.2) is 4.79 Å². The summed E-state index contributed by atoms with van der Waals surface area (Å²) in [5.74, 6) is 1.12. The highest BCUT2D eigenvalue weighted by Crippen LogP contribution is 2.58. The number of halogens is 3. The Hall–Kier alpha value is -0.840. The maximum atomic E-state index is 12.0. The number of carbonyl (C=O) groups is 1. The smallest absolute Gasteiger partial charge is 0.415 e. The monoisotopic (exact) mass is 377 g/mol. The lowest BCUT2D eigenvalue weighted by atomic mass is 10.3. The normalized spacial score (nSPS) is 25.3. The molecule has 4 nitrogen and oxygen atoms in total. The molecule has 0 N–H and O–H groups in total. The molecule has 3 rings (SSSR count). The Morgan fingerprint density at radius 1 is 1.35 bits per heavy atom. The average Bonchev–Trinajstić information content (AvgIpc) is 2.92. The lowest BCUT2D eigenvalue weighted by Gasteiger charge is -2.15. The van der Waals surface area contributed by atoms with E-state index in [0.29, 0.717) is 23.1 Å². The molecule has 0 unspecified atom stereocenters. The third-order valence-corrected chi connectivity index (χ3v) is 6.05. The van der Waals surface area contributed by atoms with E-state index < -0.39 is 4.33 Å². The van der Waals surface area contributed by atoms with Crippen LogP contribution in [-0.2, 0) is 0 Å². The zero-order valence-electron chi connectivity index (χ0n) is 12.7. The van der Waals surface area contributed by atoms with Crippen LogP contribution in [0, 0.1) is 11.8 Å². The summed E-state index contributed by atoms with van der Waals surface area (Å²) in [7, 11) is 0. The number of carbonyl (C=O) groups excluding carboxylic acids is 1. The number of hydrogen-bond acceptors (Lipinski definition) is 3. The minimum Gasteiger partial charge on any atom is -0.491 e. The van der Waals surface area contributed by atoms with Gasteiger partial charge in [0.1, 0.15) is 15.8 Å². The second-order valence-corrected chi connectivity index (χ2v) is 7.89. The van der Waals surface area contributed by atoms with Crippen LogP contribution in [0.25, 0.3) is 0 Å². The van der Waals surface area contributed by atoms with E-state index in [9.17, 15) is 4.79 Å². The molecule has 2 fully saturated rings. The SMILES string of the molecule is C[C@@H]1[C@H](COc2cc(OC(=O)N3CCCC3)ccc2Cl)C1(Cl)Cl. The maximum absolute atomic E-state index is 12.0. The van der Waals surface area contributed by atoms with Gasteiger partial charge in [0.05, 0.1) is 11.6 Å². The molecule has 1 aliphatic carbocycles. The predicted molar refractivity (Wildman–Crippen MR) is 90.9 cm³/mol. The van der Waals surface area contributed by atoms with Crippen molar-refractivity contribution in [2.24, 2.45) is 11.8 Å². The molecular weight excluding hydrogens is 361 g/mol. The zero-order valence-corrected chi connectivity index (χ0v) is 15.0. The number of nitrogens with zero attached hydrogens (tertiary/aromatic N) is 1. The summed E-state index contributed by atoms with van der Waals surface area (Å²) in [6, 6.07) is 4.91. The van der Waals surface area contributed by atoms with Crippen LogP contribution in [0.5, 0.6) is 11.5 Å². The van der Waals surface area contributed by atoms with Crippen LogP contribution in [0.1, 0.15) is 19.8 Å². The van der Waals surface area contributed by atoms with E-state index >= 15 is 0 Å². The Bertz CT molecular complexity index is 602. The number of alkyl halides is 2. The number of likely N-dealkylation sites (tertiary alicyclic amines) is 1. The lowest BCUT2D eigenvalue weighted by molar-refractivity contribution is 0.162. The van der Waals surface area contributed by atoms with Gasteiger partial charge in [0.2, 0.25) is 0 Å². The van der Waals surface area contributed by atoms with Crippen molar-refractivity contribution in [2.45, 2.75) is 24.1 Å². The first-order chi connectivity index (χ1) is 10.9. The second kappa shape index (κ2) is 6.58. The Balaban J connectivity index is 1.61. The number of rotatable bonds is 4. The van der Waals surface area contributed by atoms with E-state index in [1.165, 1.54) is 0 Å². The van der Waals surface area contributed by atoms with Crippen LogP contribution in [0.2, 0.25) is 5.02 Å². The minimum atomic E-state index is -0.730. The molecule has 1 aromatic carbocycles. The van der Waals surface area contributed by atoms with Crippen LogP contribution in [-0.4, -0.2) is 35.0 Å². The Morgan fingerprint density at radius 2 is 2.00 bits per heavy atom. The van der Waals surface area contributed by atoms with Gasteiger partial charge in [0, 0.05) is 25.1 Å². The van der Waals surface area contributed by atoms with Crippen LogP contribution < -0.4 is 9.47 Å². The second-order valence-electron chi connectivity index (χ2n) is 6.04. The molecule has 1 aromatic rings. The first kappa shape index (κ1) is 17.0. The molecule has 2 atom stereocenters. The van der Waals surface area contributed by atoms with Crippen molar-refractivity contribution >= 4 is 40.9 Å². The van der Waals surface area contributed by atoms with Gasteiger partial charge < -0.3 is 14.4 Å². The molecule has 2 aliphatic rings.